The van der Waals surface area contributed by atoms with Crippen LogP contribution in [0, 0.1) is 0 Å². The lowest BCUT2D eigenvalue weighted by Crippen LogP contribution is -1.95. The summed E-state index contributed by atoms with van der Waals surface area (Å²) in [6.45, 7) is 0. The van der Waals surface area contributed by atoms with E-state index in [9.17, 15) is 4.79 Å². The predicted molar refractivity (Wildman–Crippen MR) is 66.3 cm³/mol. The van der Waals surface area contributed by atoms with E-state index >= 15 is 0 Å². The second-order valence-corrected chi connectivity index (χ2v) is 3.89. The number of hydrogen-bond donors (Lipinski definition) is 2. The van der Waals surface area contributed by atoms with Crippen molar-refractivity contribution in [3.05, 3.63) is 48.3 Å². The molecule has 0 aliphatic carbocycles. The Morgan fingerprint density at radius 2 is 2.11 bits per heavy atom. The molecule has 0 saturated heterocycles. The highest BCUT2D eigenvalue weighted by molar-refractivity contribution is 6.04. The molecule has 0 spiro atoms. The van der Waals surface area contributed by atoms with Crippen molar-refractivity contribution in [1.29, 1.82) is 0 Å². The molecule has 0 atom stereocenters. The summed E-state index contributed by atoms with van der Waals surface area (Å²) in [5.41, 5.74) is 2.78. The minimum Gasteiger partial charge on any atom is -0.478 e. The first kappa shape index (κ1) is 10.5. The van der Waals surface area contributed by atoms with Gasteiger partial charge in [-0.1, -0.05) is 6.07 Å². The van der Waals surface area contributed by atoms with Gasteiger partial charge < -0.3 is 10.1 Å². The van der Waals surface area contributed by atoms with Crippen LogP contribution in [-0.2, 0) is 0 Å². The van der Waals surface area contributed by atoms with Crippen LogP contribution in [-0.4, -0.2) is 26.3 Å². The minimum atomic E-state index is -0.931. The number of benzene rings is 1. The molecule has 5 nitrogen and oxygen atoms in total. The molecular formula is C13H9N3O2. The quantitative estimate of drug-likeness (QED) is 0.719. The van der Waals surface area contributed by atoms with Gasteiger partial charge in [0.1, 0.15) is 0 Å². The molecule has 3 aromatic rings. The molecule has 2 heterocycles. The van der Waals surface area contributed by atoms with Gasteiger partial charge >= 0.3 is 5.97 Å². The normalized spacial score (nSPS) is 10.7. The van der Waals surface area contributed by atoms with Crippen LogP contribution in [0.4, 0.5) is 0 Å². The summed E-state index contributed by atoms with van der Waals surface area (Å²) in [5, 5.41) is 17.3. The third kappa shape index (κ3) is 1.62. The minimum absolute atomic E-state index is 0.289. The van der Waals surface area contributed by atoms with E-state index in [4.69, 9.17) is 5.11 Å². The van der Waals surface area contributed by atoms with Gasteiger partial charge in [-0.15, -0.1) is 0 Å². The van der Waals surface area contributed by atoms with Crippen molar-refractivity contribution in [3.8, 4) is 11.3 Å². The van der Waals surface area contributed by atoms with Crippen LogP contribution in [0.5, 0.6) is 0 Å². The number of nitrogens with one attached hydrogen (secondary N) is 1. The van der Waals surface area contributed by atoms with Gasteiger partial charge in [-0.05, 0) is 24.3 Å². The lowest BCUT2D eigenvalue weighted by molar-refractivity contribution is 0.0699. The average molecular weight is 239 g/mol. The van der Waals surface area contributed by atoms with E-state index in [1.807, 2.05) is 18.2 Å². The van der Waals surface area contributed by atoms with Gasteiger partial charge in [-0.2, -0.15) is 10.2 Å². The van der Waals surface area contributed by atoms with E-state index in [1.165, 1.54) is 0 Å². The molecule has 0 bridgehead atoms. The number of carboxylic acids is 1. The number of hydrogen-bond acceptors (Lipinski definition) is 3. The number of aromatic amines is 1. The molecule has 0 aliphatic rings. The van der Waals surface area contributed by atoms with Crippen molar-refractivity contribution >= 4 is 16.9 Å². The fourth-order valence-corrected chi connectivity index (χ4v) is 1.95. The van der Waals surface area contributed by atoms with Crippen molar-refractivity contribution in [2.24, 2.45) is 0 Å². The smallest absolute Gasteiger partial charge is 0.336 e. The number of nitrogens with zero attached hydrogens (tertiary/aromatic N) is 2. The number of fused-ring (bicyclic) bond motifs is 1. The molecule has 0 fully saturated rings. The standard InChI is InChI=1S/C13H9N3O2/c17-13(18)9-2-1-3-11-10(9)6-12(16-11)8-4-5-14-15-7-8/h1-7,16H,(H,17,18). The summed E-state index contributed by atoms with van der Waals surface area (Å²) < 4.78 is 0. The Kier molecular flexibility index (Phi) is 2.30. The Bertz CT molecular complexity index is 719. The Balaban J connectivity index is 2.23. The maximum Gasteiger partial charge on any atom is 0.336 e. The second-order valence-electron chi connectivity index (χ2n) is 3.89. The summed E-state index contributed by atoms with van der Waals surface area (Å²) >= 11 is 0. The summed E-state index contributed by atoms with van der Waals surface area (Å²) in [6, 6.07) is 8.79. The molecule has 0 aliphatic heterocycles. The topological polar surface area (TPSA) is 78.9 Å². The molecule has 1 aromatic carbocycles. The highest BCUT2D eigenvalue weighted by Crippen LogP contribution is 2.25. The lowest BCUT2D eigenvalue weighted by Gasteiger charge is -1.94. The molecule has 3 rings (SSSR count). The molecule has 0 saturated carbocycles. The van der Waals surface area contributed by atoms with Crippen molar-refractivity contribution in [2.45, 2.75) is 0 Å². The van der Waals surface area contributed by atoms with Gasteiger partial charge in [0.25, 0.3) is 0 Å². The van der Waals surface area contributed by atoms with Crippen LogP contribution in [0.15, 0.2) is 42.7 Å². The number of carbonyl (C=O) groups is 1. The van der Waals surface area contributed by atoms with Gasteiger partial charge in [0.15, 0.2) is 0 Å². The van der Waals surface area contributed by atoms with E-state index in [0.29, 0.717) is 5.39 Å². The van der Waals surface area contributed by atoms with E-state index in [1.54, 1.807) is 24.5 Å². The third-order valence-electron chi connectivity index (χ3n) is 2.79. The maximum absolute atomic E-state index is 11.1. The summed E-state index contributed by atoms with van der Waals surface area (Å²) in [4.78, 5) is 14.3. The van der Waals surface area contributed by atoms with Gasteiger partial charge in [-0.25, -0.2) is 4.79 Å². The van der Waals surface area contributed by atoms with E-state index in [0.717, 1.165) is 16.8 Å². The summed E-state index contributed by atoms with van der Waals surface area (Å²) in [6.07, 6.45) is 3.23. The van der Waals surface area contributed by atoms with Crippen LogP contribution in [0.2, 0.25) is 0 Å². The number of aromatic nitrogens is 3. The van der Waals surface area contributed by atoms with Gasteiger partial charge in [-0.3, -0.25) is 0 Å². The molecular weight excluding hydrogens is 230 g/mol. The average Bonchev–Trinajstić information content (AvgIpc) is 2.83. The van der Waals surface area contributed by atoms with Gasteiger partial charge in [0, 0.05) is 22.2 Å². The highest BCUT2D eigenvalue weighted by Gasteiger charge is 2.11. The van der Waals surface area contributed by atoms with Crippen LogP contribution >= 0.6 is 0 Å². The second kappa shape index (κ2) is 3.96. The van der Waals surface area contributed by atoms with Gasteiger partial charge in [0.2, 0.25) is 0 Å². The first-order valence-electron chi connectivity index (χ1n) is 5.38. The Morgan fingerprint density at radius 1 is 1.22 bits per heavy atom. The number of H-pyrrole nitrogens is 1. The Morgan fingerprint density at radius 3 is 2.83 bits per heavy atom. The fraction of sp³-hybridized carbons (Fsp3) is 0. The van der Waals surface area contributed by atoms with Crippen LogP contribution in [0.1, 0.15) is 10.4 Å². The number of rotatable bonds is 2. The first-order chi connectivity index (χ1) is 8.75. The molecule has 2 N–H and O–H groups in total. The Labute approximate surface area is 102 Å². The molecule has 0 radical (unpaired) electrons. The van der Waals surface area contributed by atoms with Gasteiger partial charge in [0.05, 0.1) is 18.0 Å². The first-order valence-corrected chi connectivity index (χ1v) is 5.38. The number of aromatic carboxylic acids is 1. The zero-order chi connectivity index (χ0) is 12.5. The predicted octanol–water partition coefficient (Wildman–Crippen LogP) is 2.32. The lowest BCUT2D eigenvalue weighted by atomic mass is 10.1. The van der Waals surface area contributed by atoms with Crippen molar-refractivity contribution in [2.75, 3.05) is 0 Å². The van der Waals surface area contributed by atoms with E-state index < -0.39 is 5.97 Å². The molecule has 18 heavy (non-hydrogen) atoms. The number of carboxylic acid groups (broad SMARTS) is 1. The highest BCUT2D eigenvalue weighted by atomic mass is 16.4. The molecule has 5 heteroatoms. The van der Waals surface area contributed by atoms with Crippen LogP contribution in [0.3, 0.4) is 0 Å². The third-order valence-corrected chi connectivity index (χ3v) is 2.79. The van der Waals surface area contributed by atoms with Crippen LogP contribution in [0.25, 0.3) is 22.2 Å². The van der Waals surface area contributed by atoms with Crippen molar-refractivity contribution < 1.29 is 9.90 Å². The zero-order valence-corrected chi connectivity index (χ0v) is 9.29. The summed E-state index contributed by atoms with van der Waals surface area (Å²) in [5.74, 6) is -0.931. The Hall–Kier alpha value is -2.69. The SMILES string of the molecule is O=C(O)c1cccc2[nH]c(-c3ccnnc3)cc12. The summed E-state index contributed by atoms with van der Waals surface area (Å²) in [7, 11) is 0. The van der Waals surface area contributed by atoms with Crippen LogP contribution < -0.4 is 0 Å². The monoisotopic (exact) mass is 239 g/mol. The molecule has 0 unspecified atom stereocenters. The molecule has 88 valence electrons. The fourth-order valence-electron chi connectivity index (χ4n) is 1.95. The zero-order valence-electron chi connectivity index (χ0n) is 9.29. The van der Waals surface area contributed by atoms with Crippen molar-refractivity contribution in [3.63, 3.8) is 0 Å². The largest absolute Gasteiger partial charge is 0.478 e. The van der Waals surface area contributed by atoms with E-state index in [2.05, 4.69) is 15.2 Å². The van der Waals surface area contributed by atoms with E-state index in [-0.39, 0.29) is 5.56 Å². The molecule has 0 amide bonds. The molecule has 2 aromatic heterocycles. The van der Waals surface area contributed by atoms with Crippen molar-refractivity contribution in [1.82, 2.24) is 15.2 Å². The maximum atomic E-state index is 11.1.